The van der Waals surface area contributed by atoms with Gasteiger partial charge < -0.3 is 14.8 Å². The second-order valence-electron chi connectivity index (χ2n) is 6.26. The van der Waals surface area contributed by atoms with Gasteiger partial charge >= 0.3 is 0 Å². The third-order valence-corrected chi connectivity index (χ3v) is 5.50. The van der Waals surface area contributed by atoms with E-state index in [4.69, 9.17) is 4.42 Å². The van der Waals surface area contributed by atoms with Crippen molar-refractivity contribution in [2.45, 2.75) is 31.3 Å². The van der Waals surface area contributed by atoms with Crippen molar-refractivity contribution in [1.82, 2.24) is 10.3 Å². The van der Waals surface area contributed by atoms with Gasteiger partial charge in [-0.1, -0.05) is 25.0 Å². The van der Waals surface area contributed by atoms with Crippen molar-refractivity contribution in [3.05, 3.63) is 42.2 Å². The van der Waals surface area contributed by atoms with Gasteiger partial charge in [0.2, 0.25) is 0 Å². The van der Waals surface area contributed by atoms with Crippen LogP contribution in [0.15, 0.2) is 40.8 Å². The lowest BCUT2D eigenvalue weighted by Crippen LogP contribution is -2.40. The molecule has 1 aliphatic carbocycles. The van der Waals surface area contributed by atoms with Gasteiger partial charge in [0.15, 0.2) is 16.5 Å². The predicted octanol–water partition coefficient (Wildman–Crippen LogP) is 3.59. The molecule has 0 atom stereocenters. The lowest BCUT2D eigenvalue weighted by Gasteiger charge is -2.21. The average molecular weight is 342 g/mol. The van der Waals surface area contributed by atoms with E-state index in [0.29, 0.717) is 5.76 Å². The quantitative estimate of drug-likeness (QED) is 0.760. The van der Waals surface area contributed by atoms with E-state index in [9.17, 15) is 9.90 Å². The van der Waals surface area contributed by atoms with Gasteiger partial charge in [0.1, 0.15) is 0 Å². The first kappa shape index (κ1) is 15.4. The van der Waals surface area contributed by atoms with Crippen LogP contribution in [-0.4, -0.2) is 28.1 Å². The number of furan rings is 1. The minimum atomic E-state index is -0.766. The summed E-state index contributed by atoms with van der Waals surface area (Å²) in [4.78, 5) is 16.8. The summed E-state index contributed by atoms with van der Waals surface area (Å²) in [5.41, 5.74) is 0.154. The maximum absolute atomic E-state index is 12.2. The van der Waals surface area contributed by atoms with Crippen molar-refractivity contribution in [2.75, 3.05) is 6.54 Å². The molecular formula is C18H18N2O3S. The highest BCUT2D eigenvalue weighted by Gasteiger charge is 2.31. The Morgan fingerprint density at radius 3 is 2.83 bits per heavy atom. The normalized spacial score (nSPS) is 16.5. The number of carbonyl (C=O) groups is 1. The molecule has 1 aliphatic rings. The molecule has 3 aromatic rings. The summed E-state index contributed by atoms with van der Waals surface area (Å²) in [6.07, 6.45) is 3.49. The van der Waals surface area contributed by atoms with E-state index in [1.807, 2.05) is 24.3 Å². The van der Waals surface area contributed by atoms with Crippen molar-refractivity contribution < 1.29 is 14.3 Å². The van der Waals surface area contributed by atoms with Crippen LogP contribution in [0.5, 0.6) is 0 Å². The Bertz CT molecular complexity index is 844. The summed E-state index contributed by atoms with van der Waals surface area (Å²) < 4.78 is 6.75. The lowest BCUT2D eigenvalue weighted by atomic mass is 10.0. The maximum atomic E-state index is 12.2. The molecule has 0 unspecified atom stereocenters. The van der Waals surface area contributed by atoms with E-state index < -0.39 is 5.60 Å². The van der Waals surface area contributed by atoms with Crippen LogP contribution in [-0.2, 0) is 0 Å². The summed E-state index contributed by atoms with van der Waals surface area (Å²) in [6, 6.07) is 11.3. The van der Waals surface area contributed by atoms with Gasteiger partial charge in [-0.15, -0.1) is 11.3 Å². The number of para-hydroxylation sites is 1. The highest BCUT2D eigenvalue weighted by atomic mass is 32.1. The van der Waals surface area contributed by atoms with Gasteiger partial charge in [0.25, 0.3) is 5.91 Å². The van der Waals surface area contributed by atoms with Crippen LogP contribution >= 0.6 is 11.3 Å². The van der Waals surface area contributed by atoms with Gasteiger partial charge in [-0.25, -0.2) is 4.98 Å². The minimum Gasteiger partial charge on any atom is -0.448 e. The van der Waals surface area contributed by atoms with Crippen LogP contribution < -0.4 is 5.32 Å². The van der Waals surface area contributed by atoms with Gasteiger partial charge in [0.05, 0.1) is 15.8 Å². The van der Waals surface area contributed by atoms with Crippen molar-refractivity contribution in [3.63, 3.8) is 0 Å². The van der Waals surface area contributed by atoms with E-state index in [2.05, 4.69) is 10.3 Å². The molecule has 24 heavy (non-hydrogen) atoms. The van der Waals surface area contributed by atoms with E-state index in [0.717, 1.165) is 40.9 Å². The van der Waals surface area contributed by atoms with E-state index in [1.165, 1.54) is 11.3 Å². The molecule has 2 heterocycles. The number of hydrogen-bond acceptors (Lipinski definition) is 5. The van der Waals surface area contributed by atoms with Crippen molar-refractivity contribution in [3.8, 4) is 10.8 Å². The largest absolute Gasteiger partial charge is 0.448 e. The predicted molar refractivity (Wildman–Crippen MR) is 93.1 cm³/mol. The third kappa shape index (κ3) is 2.95. The Kier molecular flexibility index (Phi) is 3.86. The molecule has 1 saturated carbocycles. The molecule has 1 amide bonds. The SMILES string of the molecule is O=C(NCC1(O)CCCC1)c1ccc(-c2nc3ccccc3s2)o1. The Hall–Kier alpha value is -2.18. The summed E-state index contributed by atoms with van der Waals surface area (Å²) in [5.74, 6) is 0.523. The van der Waals surface area contributed by atoms with Crippen LogP contribution in [0.2, 0.25) is 0 Å². The van der Waals surface area contributed by atoms with Crippen molar-refractivity contribution >= 4 is 27.5 Å². The Balaban J connectivity index is 1.48. The third-order valence-electron chi connectivity index (χ3n) is 4.45. The molecule has 0 bridgehead atoms. The molecule has 1 aromatic carbocycles. The molecule has 0 saturated heterocycles. The molecular weight excluding hydrogens is 324 g/mol. The number of fused-ring (bicyclic) bond motifs is 1. The first-order valence-corrected chi connectivity index (χ1v) is 8.91. The number of nitrogens with zero attached hydrogens (tertiary/aromatic N) is 1. The minimum absolute atomic E-state index is 0.242. The van der Waals surface area contributed by atoms with Crippen LogP contribution in [0.1, 0.15) is 36.2 Å². The monoisotopic (exact) mass is 342 g/mol. The zero-order valence-corrected chi connectivity index (χ0v) is 13.9. The number of rotatable bonds is 4. The Morgan fingerprint density at radius 2 is 2.04 bits per heavy atom. The van der Waals surface area contributed by atoms with Crippen LogP contribution in [0.3, 0.4) is 0 Å². The molecule has 2 N–H and O–H groups in total. The number of benzene rings is 1. The Labute approximate surface area is 143 Å². The molecule has 0 radical (unpaired) electrons. The highest BCUT2D eigenvalue weighted by molar-refractivity contribution is 7.21. The highest BCUT2D eigenvalue weighted by Crippen LogP contribution is 2.31. The molecule has 1 fully saturated rings. The zero-order valence-electron chi connectivity index (χ0n) is 13.1. The second kappa shape index (κ2) is 6.03. The molecule has 0 spiro atoms. The smallest absolute Gasteiger partial charge is 0.287 e. The van der Waals surface area contributed by atoms with Crippen LogP contribution in [0, 0.1) is 0 Å². The first-order chi connectivity index (χ1) is 11.6. The summed E-state index contributed by atoms with van der Waals surface area (Å²) >= 11 is 1.53. The number of aliphatic hydroxyl groups is 1. The van der Waals surface area contributed by atoms with Gasteiger partial charge in [-0.2, -0.15) is 0 Å². The summed E-state index contributed by atoms with van der Waals surface area (Å²) in [5, 5.41) is 13.8. The van der Waals surface area contributed by atoms with Gasteiger partial charge in [-0.05, 0) is 37.1 Å². The zero-order chi connectivity index (χ0) is 16.6. The lowest BCUT2D eigenvalue weighted by molar-refractivity contribution is 0.0444. The van der Waals surface area contributed by atoms with Gasteiger partial charge in [-0.3, -0.25) is 4.79 Å². The van der Waals surface area contributed by atoms with E-state index in [-0.39, 0.29) is 18.2 Å². The number of carbonyl (C=O) groups excluding carboxylic acids is 1. The molecule has 5 nitrogen and oxygen atoms in total. The maximum Gasteiger partial charge on any atom is 0.287 e. The summed E-state index contributed by atoms with van der Waals surface area (Å²) in [6.45, 7) is 0.267. The van der Waals surface area contributed by atoms with Crippen LogP contribution in [0.4, 0.5) is 0 Å². The molecule has 124 valence electrons. The van der Waals surface area contributed by atoms with Crippen LogP contribution in [0.25, 0.3) is 21.0 Å². The number of aromatic nitrogens is 1. The Morgan fingerprint density at radius 1 is 1.25 bits per heavy atom. The topological polar surface area (TPSA) is 75.4 Å². The fourth-order valence-electron chi connectivity index (χ4n) is 3.09. The van der Waals surface area contributed by atoms with Gasteiger partial charge in [0, 0.05) is 6.54 Å². The fraction of sp³-hybridized carbons (Fsp3) is 0.333. The van der Waals surface area contributed by atoms with E-state index in [1.54, 1.807) is 12.1 Å². The van der Waals surface area contributed by atoms with E-state index >= 15 is 0 Å². The standard InChI is InChI=1S/C18H18N2O3S/c21-16(19-11-18(22)9-3-4-10-18)13-7-8-14(23-13)17-20-12-5-1-2-6-15(12)24-17/h1-2,5-8,22H,3-4,9-11H2,(H,19,21). The summed E-state index contributed by atoms with van der Waals surface area (Å²) in [7, 11) is 0. The molecule has 6 heteroatoms. The number of hydrogen-bond donors (Lipinski definition) is 2. The molecule has 2 aromatic heterocycles. The first-order valence-electron chi connectivity index (χ1n) is 8.09. The molecule has 0 aliphatic heterocycles. The number of nitrogens with one attached hydrogen (secondary N) is 1. The van der Waals surface area contributed by atoms with Crippen molar-refractivity contribution in [2.24, 2.45) is 0 Å². The average Bonchev–Trinajstić information content (AvgIpc) is 3.31. The molecule has 4 rings (SSSR count). The number of amides is 1. The second-order valence-corrected chi connectivity index (χ2v) is 7.30. The number of thiazole rings is 1. The van der Waals surface area contributed by atoms with Crippen molar-refractivity contribution in [1.29, 1.82) is 0 Å². The fourth-order valence-corrected chi connectivity index (χ4v) is 4.02.